The topological polar surface area (TPSA) is 78.7 Å². The summed E-state index contributed by atoms with van der Waals surface area (Å²) in [5.74, 6) is 0. The maximum atomic E-state index is 3.63. The first-order valence-electron chi connectivity index (χ1n) is 15.7. The summed E-state index contributed by atoms with van der Waals surface area (Å²) in [7, 11) is 0. The summed E-state index contributed by atoms with van der Waals surface area (Å²) in [4.78, 5) is 5.29. The third-order valence-corrected chi connectivity index (χ3v) is 7.69. The summed E-state index contributed by atoms with van der Waals surface area (Å²) in [5, 5.41) is 21.4. The lowest BCUT2D eigenvalue weighted by molar-refractivity contribution is 0.270. The molecule has 8 nitrogen and oxygen atoms in total. The fourth-order valence-corrected chi connectivity index (χ4v) is 5.23. The summed E-state index contributed by atoms with van der Waals surface area (Å²) in [6.45, 7) is 20.1. The van der Waals surface area contributed by atoms with Crippen LogP contribution in [0.2, 0.25) is 0 Å². The van der Waals surface area contributed by atoms with E-state index in [2.05, 4.69) is 66.0 Å². The molecular formula is C30H58N8. The van der Waals surface area contributed by atoms with E-state index in [0.717, 1.165) is 118 Å². The predicted molar refractivity (Wildman–Crippen MR) is 162 cm³/mol. The van der Waals surface area contributed by atoms with E-state index in [1.807, 2.05) is 0 Å². The number of rotatable bonds is 6. The lowest BCUT2D eigenvalue weighted by Crippen LogP contribution is -2.37. The van der Waals surface area contributed by atoms with Crippen LogP contribution in [0, 0.1) is 0 Å². The molecule has 8 heteroatoms. The molecule has 0 aromatic heterocycles. The minimum atomic E-state index is 1.07. The van der Waals surface area contributed by atoms with Gasteiger partial charge in [0.1, 0.15) is 0 Å². The van der Waals surface area contributed by atoms with Crippen molar-refractivity contribution in [3.8, 4) is 0 Å². The monoisotopic (exact) mass is 530 g/mol. The van der Waals surface area contributed by atoms with Crippen molar-refractivity contribution >= 4 is 0 Å². The van der Waals surface area contributed by atoms with Gasteiger partial charge in [0, 0.05) is 65.4 Å². The average Bonchev–Trinajstić information content (AvgIpc) is 2.94. The maximum Gasteiger partial charge on any atom is 0.0107 e. The van der Waals surface area contributed by atoms with Gasteiger partial charge >= 0.3 is 0 Å². The van der Waals surface area contributed by atoms with E-state index in [1.54, 1.807) is 0 Å². The van der Waals surface area contributed by atoms with Crippen molar-refractivity contribution in [1.82, 2.24) is 41.7 Å². The summed E-state index contributed by atoms with van der Waals surface area (Å²) in [6.07, 6.45) is 7.12. The molecule has 6 N–H and O–H groups in total. The summed E-state index contributed by atoms with van der Waals surface area (Å²) in [5.41, 5.74) is 2.93. The van der Waals surface area contributed by atoms with Crippen LogP contribution in [-0.2, 0) is 12.8 Å². The lowest BCUT2D eigenvalue weighted by Gasteiger charge is -2.24. The van der Waals surface area contributed by atoms with Crippen molar-refractivity contribution in [2.45, 2.75) is 38.5 Å². The minimum Gasteiger partial charge on any atom is -0.315 e. The van der Waals surface area contributed by atoms with Crippen molar-refractivity contribution < 1.29 is 0 Å². The molecule has 0 unspecified atom stereocenters. The van der Waals surface area contributed by atoms with Crippen molar-refractivity contribution in [2.24, 2.45) is 0 Å². The van der Waals surface area contributed by atoms with Crippen LogP contribution >= 0.6 is 0 Å². The number of nitrogens with zero attached hydrogens (tertiary/aromatic N) is 2. The van der Waals surface area contributed by atoms with E-state index in [4.69, 9.17) is 0 Å². The van der Waals surface area contributed by atoms with Crippen LogP contribution in [0.1, 0.15) is 36.8 Å². The van der Waals surface area contributed by atoms with Gasteiger partial charge in [-0.1, -0.05) is 24.3 Å². The van der Waals surface area contributed by atoms with Crippen LogP contribution in [-0.4, -0.2) is 128 Å². The first kappa shape index (κ1) is 31.4. The number of nitrogens with one attached hydrogen (secondary N) is 6. The van der Waals surface area contributed by atoms with Crippen molar-refractivity contribution in [2.75, 3.05) is 118 Å². The van der Waals surface area contributed by atoms with E-state index >= 15 is 0 Å². The second kappa shape index (κ2) is 21.7. The van der Waals surface area contributed by atoms with Crippen LogP contribution in [0.15, 0.2) is 24.3 Å². The maximum absolute atomic E-state index is 3.63. The van der Waals surface area contributed by atoms with Gasteiger partial charge in [-0.2, -0.15) is 0 Å². The first-order chi connectivity index (χ1) is 18.9. The van der Waals surface area contributed by atoms with E-state index in [1.165, 1.54) is 49.9 Å². The largest absolute Gasteiger partial charge is 0.315 e. The molecule has 2 aliphatic rings. The molecule has 0 radical (unpaired) electrons. The predicted octanol–water partition coefficient (Wildman–Crippen LogP) is 0.501. The Hall–Kier alpha value is -1.10. The molecule has 0 atom stereocenters. The fraction of sp³-hybridized carbons (Fsp3) is 0.800. The quantitative estimate of drug-likeness (QED) is 0.318. The Balaban J connectivity index is 1.38. The van der Waals surface area contributed by atoms with Crippen LogP contribution in [0.25, 0.3) is 0 Å². The normalized spacial score (nSPS) is 22.3. The SMILES string of the molecule is c1cc(CCN2CCCNCCNCCCNCC2)ccc1CCN1CCCNCCNCCCNCC1. The van der Waals surface area contributed by atoms with Crippen molar-refractivity contribution in [3.63, 3.8) is 0 Å². The highest BCUT2D eigenvalue weighted by Gasteiger charge is 2.08. The lowest BCUT2D eigenvalue weighted by atomic mass is 10.1. The van der Waals surface area contributed by atoms with E-state index in [0.29, 0.717) is 0 Å². The molecule has 2 saturated heterocycles. The number of hydrogen-bond acceptors (Lipinski definition) is 8. The Morgan fingerprint density at radius 2 is 0.737 bits per heavy atom. The van der Waals surface area contributed by atoms with E-state index < -0.39 is 0 Å². The second-order valence-corrected chi connectivity index (χ2v) is 10.9. The van der Waals surface area contributed by atoms with Gasteiger partial charge in [0.15, 0.2) is 0 Å². The highest BCUT2D eigenvalue weighted by molar-refractivity contribution is 5.23. The highest BCUT2D eigenvalue weighted by Crippen LogP contribution is 2.08. The molecule has 38 heavy (non-hydrogen) atoms. The molecule has 1 aromatic carbocycles. The molecule has 0 bridgehead atoms. The molecule has 1 aromatic rings. The molecule has 2 aliphatic heterocycles. The fourth-order valence-electron chi connectivity index (χ4n) is 5.23. The van der Waals surface area contributed by atoms with Gasteiger partial charge in [0.05, 0.1) is 0 Å². The van der Waals surface area contributed by atoms with Gasteiger partial charge in [-0.05, 0) is 102 Å². The summed E-state index contributed by atoms with van der Waals surface area (Å²) < 4.78 is 0. The molecule has 2 fully saturated rings. The van der Waals surface area contributed by atoms with E-state index in [-0.39, 0.29) is 0 Å². The third kappa shape index (κ3) is 15.5. The zero-order valence-electron chi connectivity index (χ0n) is 24.2. The Morgan fingerprint density at radius 3 is 1.13 bits per heavy atom. The van der Waals surface area contributed by atoms with Crippen LogP contribution in [0.4, 0.5) is 0 Å². The van der Waals surface area contributed by atoms with Gasteiger partial charge in [-0.3, -0.25) is 0 Å². The highest BCUT2D eigenvalue weighted by atomic mass is 15.1. The second-order valence-electron chi connectivity index (χ2n) is 10.9. The number of hydrogen-bond donors (Lipinski definition) is 6. The Bertz CT molecular complexity index is 586. The summed E-state index contributed by atoms with van der Waals surface area (Å²) >= 11 is 0. The minimum absolute atomic E-state index is 1.07. The van der Waals surface area contributed by atoms with Gasteiger partial charge in [0.2, 0.25) is 0 Å². The Labute approximate surface area is 233 Å². The standard InChI is InChI=1S/C30H58N8/c1-11-31-17-19-33-15-3-23-37(27-21-35-13-1)25-9-29-5-7-30(8-6-29)10-26-38-24-4-16-34-20-18-32-12-2-14-36-22-28-38/h5-8,31-36H,1-4,9-28H2. The third-order valence-electron chi connectivity index (χ3n) is 7.69. The summed E-state index contributed by atoms with van der Waals surface area (Å²) in [6, 6.07) is 9.48. The van der Waals surface area contributed by atoms with Gasteiger partial charge in [0.25, 0.3) is 0 Å². The molecule has 0 amide bonds. The molecule has 218 valence electrons. The van der Waals surface area contributed by atoms with Gasteiger partial charge in [-0.15, -0.1) is 0 Å². The first-order valence-corrected chi connectivity index (χ1v) is 15.7. The van der Waals surface area contributed by atoms with Gasteiger partial charge < -0.3 is 41.7 Å². The number of benzene rings is 1. The van der Waals surface area contributed by atoms with E-state index in [9.17, 15) is 0 Å². The molecule has 0 aliphatic carbocycles. The molecule has 0 spiro atoms. The zero-order valence-corrected chi connectivity index (χ0v) is 24.2. The molecule has 3 rings (SSSR count). The molecule has 2 heterocycles. The zero-order chi connectivity index (χ0) is 26.4. The average molecular weight is 531 g/mol. The Morgan fingerprint density at radius 1 is 0.395 bits per heavy atom. The Kier molecular flexibility index (Phi) is 17.9. The van der Waals surface area contributed by atoms with Gasteiger partial charge in [-0.25, -0.2) is 0 Å². The van der Waals surface area contributed by atoms with Crippen molar-refractivity contribution in [1.29, 1.82) is 0 Å². The van der Waals surface area contributed by atoms with Crippen molar-refractivity contribution in [3.05, 3.63) is 35.4 Å². The van der Waals surface area contributed by atoms with Crippen LogP contribution in [0.5, 0.6) is 0 Å². The molecular weight excluding hydrogens is 472 g/mol. The van der Waals surface area contributed by atoms with Crippen LogP contribution < -0.4 is 31.9 Å². The smallest absolute Gasteiger partial charge is 0.0107 e. The molecule has 0 saturated carbocycles. The van der Waals surface area contributed by atoms with Crippen LogP contribution in [0.3, 0.4) is 0 Å².